The lowest BCUT2D eigenvalue weighted by Gasteiger charge is -2.21. The summed E-state index contributed by atoms with van der Waals surface area (Å²) in [6.45, 7) is 5.39. The lowest BCUT2D eigenvalue weighted by atomic mass is 10.2. The molecule has 2 atom stereocenters. The van der Waals surface area contributed by atoms with Gasteiger partial charge in [0.1, 0.15) is 6.04 Å². The molecule has 2 N–H and O–H groups in total. The Hall–Kier alpha value is -3.04. The maximum Gasteiger partial charge on any atom is 0.233 e. The van der Waals surface area contributed by atoms with Crippen LogP contribution in [0.25, 0.3) is 0 Å². The van der Waals surface area contributed by atoms with Crippen LogP contribution >= 0.6 is 11.8 Å². The standard InChI is InChI=1S/C25H31N5O3S/c1-5-20(29(3)4)23-27-28-25(30(23)15-18-9-7-6-8-10-18)34-17(2)24(31)26-14-19-11-12-21-22(13-19)33-16-32-21/h6-13,17,20H,5,14-16H2,1-4H3,(H,26,31)/p+1/t17-,20+/m0/s1. The largest absolute Gasteiger partial charge is 0.454 e. The fourth-order valence-corrected chi connectivity index (χ4v) is 4.88. The van der Waals surface area contributed by atoms with E-state index in [9.17, 15) is 4.79 Å². The number of nitrogens with one attached hydrogen (secondary N) is 2. The fraction of sp³-hybridized carbons (Fsp3) is 0.400. The molecule has 0 unspecified atom stereocenters. The van der Waals surface area contributed by atoms with E-state index in [1.165, 1.54) is 22.2 Å². The minimum atomic E-state index is -0.327. The predicted molar refractivity (Wildman–Crippen MR) is 131 cm³/mol. The van der Waals surface area contributed by atoms with Crippen molar-refractivity contribution in [3.8, 4) is 11.5 Å². The number of aromatic nitrogens is 3. The van der Waals surface area contributed by atoms with Gasteiger partial charge in [-0.1, -0.05) is 55.1 Å². The summed E-state index contributed by atoms with van der Waals surface area (Å²) in [5.41, 5.74) is 2.14. The first-order valence-electron chi connectivity index (χ1n) is 11.6. The van der Waals surface area contributed by atoms with Crippen LogP contribution in [-0.4, -0.2) is 46.8 Å². The van der Waals surface area contributed by atoms with E-state index < -0.39 is 0 Å². The molecule has 0 bridgehead atoms. The van der Waals surface area contributed by atoms with Crippen LogP contribution in [0.5, 0.6) is 11.5 Å². The molecular formula is C25H32N5O3S+. The molecule has 0 aliphatic carbocycles. The molecule has 1 amide bonds. The molecule has 8 nitrogen and oxygen atoms in total. The number of hydrogen-bond donors (Lipinski definition) is 2. The third kappa shape index (κ3) is 5.53. The van der Waals surface area contributed by atoms with Crippen molar-refractivity contribution < 1.29 is 19.2 Å². The van der Waals surface area contributed by atoms with E-state index >= 15 is 0 Å². The molecule has 3 aromatic rings. The van der Waals surface area contributed by atoms with Crippen molar-refractivity contribution in [1.29, 1.82) is 0 Å². The van der Waals surface area contributed by atoms with Crippen molar-refractivity contribution >= 4 is 17.7 Å². The number of carbonyl (C=O) groups excluding carboxylic acids is 1. The Morgan fingerprint density at radius 1 is 1.12 bits per heavy atom. The lowest BCUT2D eigenvalue weighted by Crippen LogP contribution is -3.06. The summed E-state index contributed by atoms with van der Waals surface area (Å²) in [5, 5.41) is 12.5. The Morgan fingerprint density at radius 2 is 1.88 bits per heavy atom. The molecule has 0 saturated carbocycles. The Morgan fingerprint density at radius 3 is 2.62 bits per heavy atom. The van der Waals surface area contributed by atoms with E-state index in [4.69, 9.17) is 9.47 Å². The molecule has 0 saturated heterocycles. The Kier molecular flexibility index (Phi) is 7.74. The van der Waals surface area contributed by atoms with Crippen LogP contribution in [-0.2, 0) is 17.9 Å². The second kappa shape index (κ2) is 10.9. The highest BCUT2D eigenvalue weighted by atomic mass is 32.2. The zero-order valence-electron chi connectivity index (χ0n) is 20.1. The summed E-state index contributed by atoms with van der Waals surface area (Å²) in [6.07, 6.45) is 0.950. The summed E-state index contributed by atoms with van der Waals surface area (Å²) in [4.78, 5) is 14.2. The second-order valence-electron chi connectivity index (χ2n) is 8.62. The van der Waals surface area contributed by atoms with Gasteiger partial charge in [0.25, 0.3) is 0 Å². The van der Waals surface area contributed by atoms with Crippen molar-refractivity contribution in [3.63, 3.8) is 0 Å². The first-order valence-corrected chi connectivity index (χ1v) is 12.4. The number of amides is 1. The Labute approximate surface area is 204 Å². The Balaban J connectivity index is 1.47. The van der Waals surface area contributed by atoms with Gasteiger partial charge < -0.3 is 19.7 Å². The van der Waals surface area contributed by atoms with E-state index in [1.807, 2.05) is 43.3 Å². The van der Waals surface area contributed by atoms with Gasteiger partial charge in [-0.3, -0.25) is 9.36 Å². The zero-order chi connectivity index (χ0) is 24.1. The minimum absolute atomic E-state index is 0.0521. The SMILES string of the molecule is CC[C@H](c1nnc(S[C@@H](C)C(=O)NCc2ccc3c(c2)OCO3)n1Cc1ccccc1)[NH+](C)C. The summed E-state index contributed by atoms with van der Waals surface area (Å²) in [7, 11) is 4.27. The highest BCUT2D eigenvalue weighted by Gasteiger charge is 2.27. The second-order valence-corrected chi connectivity index (χ2v) is 9.92. The normalized spacial score (nSPS) is 14.3. The summed E-state index contributed by atoms with van der Waals surface area (Å²) in [5.74, 6) is 2.34. The lowest BCUT2D eigenvalue weighted by molar-refractivity contribution is -0.893. The van der Waals surface area contributed by atoms with Crippen molar-refractivity contribution in [2.75, 3.05) is 20.9 Å². The topological polar surface area (TPSA) is 82.7 Å². The molecule has 0 spiro atoms. The summed E-state index contributed by atoms with van der Waals surface area (Å²) < 4.78 is 12.9. The minimum Gasteiger partial charge on any atom is -0.454 e. The van der Waals surface area contributed by atoms with Gasteiger partial charge in [-0.05, 0) is 30.2 Å². The monoisotopic (exact) mass is 482 g/mol. The van der Waals surface area contributed by atoms with E-state index in [0.717, 1.165) is 28.7 Å². The maximum absolute atomic E-state index is 12.9. The van der Waals surface area contributed by atoms with Crippen LogP contribution < -0.4 is 19.7 Å². The highest BCUT2D eigenvalue weighted by Crippen LogP contribution is 2.32. The molecule has 4 rings (SSSR count). The van der Waals surface area contributed by atoms with Gasteiger partial charge in [0, 0.05) is 13.0 Å². The van der Waals surface area contributed by atoms with Crippen molar-refractivity contribution in [2.24, 2.45) is 0 Å². The molecule has 1 aromatic heterocycles. The number of fused-ring (bicyclic) bond motifs is 1. The van der Waals surface area contributed by atoms with Gasteiger partial charge in [0.05, 0.1) is 25.9 Å². The molecule has 2 aromatic carbocycles. The number of thioether (sulfide) groups is 1. The average Bonchev–Trinajstić information content (AvgIpc) is 3.45. The first kappa shape index (κ1) is 24.1. The third-order valence-corrected chi connectivity index (χ3v) is 6.98. The summed E-state index contributed by atoms with van der Waals surface area (Å²) in [6, 6.07) is 16.2. The molecule has 1 aliphatic heterocycles. The molecule has 2 heterocycles. The number of hydrogen-bond acceptors (Lipinski definition) is 6. The molecule has 180 valence electrons. The number of quaternary nitrogens is 1. The van der Waals surface area contributed by atoms with Gasteiger partial charge in [0.2, 0.25) is 12.7 Å². The average molecular weight is 483 g/mol. The van der Waals surface area contributed by atoms with Gasteiger partial charge in [0.15, 0.2) is 22.5 Å². The third-order valence-electron chi connectivity index (χ3n) is 5.90. The van der Waals surface area contributed by atoms with E-state index in [0.29, 0.717) is 18.8 Å². The number of rotatable bonds is 10. The van der Waals surface area contributed by atoms with Crippen molar-refractivity contribution in [2.45, 2.75) is 49.8 Å². The molecule has 0 radical (unpaired) electrons. The zero-order valence-corrected chi connectivity index (χ0v) is 20.9. The Bertz CT molecular complexity index is 1120. The van der Waals surface area contributed by atoms with Crippen LogP contribution in [0.2, 0.25) is 0 Å². The number of benzene rings is 2. The summed E-state index contributed by atoms with van der Waals surface area (Å²) >= 11 is 1.44. The maximum atomic E-state index is 12.9. The van der Waals surface area contributed by atoms with E-state index in [1.54, 1.807) is 0 Å². The quantitative estimate of drug-likeness (QED) is 0.432. The number of carbonyl (C=O) groups is 1. The van der Waals surface area contributed by atoms with Crippen molar-refractivity contribution in [3.05, 3.63) is 65.5 Å². The fourth-order valence-electron chi connectivity index (χ4n) is 4.00. The molecule has 1 aliphatic rings. The van der Waals surface area contributed by atoms with Crippen molar-refractivity contribution in [1.82, 2.24) is 20.1 Å². The van der Waals surface area contributed by atoms with Gasteiger partial charge in [-0.15, -0.1) is 10.2 Å². The van der Waals surface area contributed by atoms with Gasteiger partial charge in [-0.2, -0.15) is 0 Å². The number of ether oxygens (including phenoxy) is 2. The van der Waals surface area contributed by atoms with Crippen LogP contribution in [0.3, 0.4) is 0 Å². The van der Waals surface area contributed by atoms with Crippen LogP contribution in [0.1, 0.15) is 43.3 Å². The molecular weight excluding hydrogens is 450 g/mol. The smallest absolute Gasteiger partial charge is 0.233 e. The van der Waals surface area contributed by atoms with Gasteiger partial charge in [-0.25, -0.2) is 0 Å². The molecule has 9 heteroatoms. The predicted octanol–water partition coefficient (Wildman–Crippen LogP) is 2.45. The first-order chi connectivity index (χ1) is 16.5. The molecule has 34 heavy (non-hydrogen) atoms. The highest BCUT2D eigenvalue weighted by molar-refractivity contribution is 8.00. The van der Waals surface area contributed by atoms with Gasteiger partial charge >= 0.3 is 0 Å². The van der Waals surface area contributed by atoms with Crippen LogP contribution in [0, 0.1) is 0 Å². The molecule has 0 fully saturated rings. The van der Waals surface area contributed by atoms with E-state index in [2.05, 4.69) is 53.2 Å². The van der Waals surface area contributed by atoms with Crippen LogP contribution in [0.15, 0.2) is 53.7 Å². The number of nitrogens with zero attached hydrogens (tertiary/aromatic N) is 3. The van der Waals surface area contributed by atoms with E-state index in [-0.39, 0.29) is 24.0 Å². The van der Waals surface area contributed by atoms with Crippen LogP contribution in [0.4, 0.5) is 0 Å².